The number of nitrogen functional groups attached to an aromatic ring is 2. The fourth-order valence-corrected chi connectivity index (χ4v) is 6.32. The molecule has 6 unspecified atom stereocenters. The van der Waals surface area contributed by atoms with Gasteiger partial charge in [0.05, 0.1) is 25.9 Å². The molecule has 25 heteroatoms. The molecule has 2 fully saturated rings. The fraction of sp³-hybridized carbons (Fsp3) is 0.524. The first-order valence-electron chi connectivity index (χ1n) is 13.1. The van der Waals surface area contributed by atoms with Crippen molar-refractivity contribution in [1.82, 2.24) is 39.0 Å². The number of rotatable bonds is 11. The Bertz CT molecular complexity index is 1880. The second kappa shape index (κ2) is 12.5. The number of nitrogens with zero attached hydrogens (tertiary/aromatic N) is 7. The maximum absolute atomic E-state index is 15.7. The van der Waals surface area contributed by atoms with E-state index in [0.717, 1.165) is 17.2 Å². The van der Waals surface area contributed by atoms with Gasteiger partial charge in [0.15, 0.2) is 47.4 Å². The van der Waals surface area contributed by atoms with E-state index >= 15 is 8.78 Å². The summed E-state index contributed by atoms with van der Waals surface area (Å²) in [7, 11) is -8.12. The summed E-state index contributed by atoms with van der Waals surface area (Å²) in [6.45, 7) is -1.82. The Hall–Kier alpha value is -3.63. The van der Waals surface area contributed by atoms with E-state index < -0.39 is 90.2 Å². The maximum Gasteiger partial charge on any atom is 0.534 e. The number of anilines is 2. The average Bonchev–Trinajstić information content (AvgIpc) is 3.76. The molecule has 2 aliphatic rings. The molecule has 6 heterocycles. The van der Waals surface area contributed by atoms with E-state index in [0.29, 0.717) is 0 Å². The molecule has 0 aliphatic carbocycles. The molecule has 0 bridgehead atoms. The molecule has 6 rings (SSSR count). The molecule has 0 saturated carbocycles. The Morgan fingerprint density at radius 1 is 1.02 bits per heavy atom. The minimum absolute atomic E-state index is 0.00578. The van der Waals surface area contributed by atoms with Crippen LogP contribution in [0.4, 0.5) is 20.5 Å². The molecule has 46 heavy (non-hydrogen) atoms. The van der Waals surface area contributed by atoms with E-state index in [9.17, 15) is 28.8 Å². The molecule has 0 amide bonds. The quantitative estimate of drug-likeness (QED) is 0.104. The van der Waals surface area contributed by atoms with E-state index in [1.807, 2.05) is 0 Å². The third kappa shape index (κ3) is 5.97. The van der Waals surface area contributed by atoms with Gasteiger partial charge in [0.2, 0.25) is 5.95 Å². The number of nitrogens with one attached hydrogen (secondary N) is 1. The Labute approximate surface area is 254 Å². The molecule has 21 nitrogen and oxygen atoms in total. The summed E-state index contributed by atoms with van der Waals surface area (Å²) in [6, 6.07) is 0. The molecule has 0 aromatic carbocycles. The van der Waals surface area contributed by atoms with Gasteiger partial charge in [0, 0.05) is 0 Å². The van der Waals surface area contributed by atoms with E-state index in [1.54, 1.807) is 0 Å². The smallest absolute Gasteiger partial charge is 0.394 e. The molecule has 0 spiro atoms. The van der Waals surface area contributed by atoms with Crippen molar-refractivity contribution in [3.05, 3.63) is 29.3 Å². The summed E-state index contributed by atoms with van der Waals surface area (Å²) in [5.41, 5.74) is 10.5. The van der Waals surface area contributed by atoms with Crippen LogP contribution in [0, 0.1) is 0 Å². The van der Waals surface area contributed by atoms with Crippen molar-refractivity contribution in [3.8, 4) is 0 Å². The van der Waals surface area contributed by atoms with Crippen molar-refractivity contribution in [1.29, 1.82) is 0 Å². The number of ether oxygens (including phenoxy) is 3. The highest BCUT2D eigenvalue weighted by molar-refractivity contribution is 7.47. The zero-order valence-electron chi connectivity index (χ0n) is 23.0. The molecular formula is C21H25F2N10O11P2+. The van der Waals surface area contributed by atoms with Gasteiger partial charge in [0.1, 0.15) is 36.3 Å². The first kappa shape index (κ1) is 32.3. The van der Waals surface area contributed by atoms with Gasteiger partial charge in [-0.2, -0.15) is 9.88 Å². The van der Waals surface area contributed by atoms with Crippen LogP contribution in [0.3, 0.4) is 0 Å². The number of alkyl halides is 2. The highest BCUT2D eigenvalue weighted by Crippen LogP contribution is 2.51. The number of aliphatic hydroxyl groups is 1. The minimum atomic E-state index is -5.27. The van der Waals surface area contributed by atoms with Crippen molar-refractivity contribution < 1.29 is 56.1 Å². The average molecular weight is 693 g/mol. The van der Waals surface area contributed by atoms with Crippen molar-refractivity contribution in [3.63, 3.8) is 0 Å². The number of aliphatic hydroxyl groups excluding tert-OH is 1. The number of phosphoric ester groups is 1. The normalized spacial score (nSPS) is 29.9. The third-order valence-electron chi connectivity index (χ3n) is 7.13. The van der Waals surface area contributed by atoms with Gasteiger partial charge in [-0.15, -0.1) is 0 Å². The Balaban J connectivity index is 1.21. The maximum atomic E-state index is 15.7. The van der Waals surface area contributed by atoms with Crippen LogP contribution in [0.25, 0.3) is 22.3 Å². The fourth-order valence-electron chi connectivity index (χ4n) is 5.10. The third-order valence-corrected chi connectivity index (χ3v) is 8.48. The molecule has 4 aromatic rings. The van der Waals surface area contributed by atoms with Gasteiger partial charge in [-0.25, -0.2) is 33.3 Å². The summed E-state index contributed by atoms with van der Waals surface area (Å²) >= 11 is 0. The van der Waals surface area contributed by atoms with Gasteiger partial charge in [0.25, 0.3) is 11.9 Å². The predicted molar refractivity (Wildman–Crippen MR) is 147 cm³/mol. The lowest BCUT2D eigenvalue weighted by Gasteiger charge is -2.24. The Kier molecular flexibility index (Phi) is 8.80. The van der Waals surface area contributed by atoms with E-state index in [-0.39, 0.29) is 34.1 Å². The number of aromatic nitrogens is 8. The van der Waals surface area contributed by atoms with Gasteiger partial charge < -0.3 is 35.7 Å². The van der Waals surface area contributed by atoms with E-state index in [1.165, 1.54) is 10.9 Å². The van der Waals surface area contributed by atoms with Crippen LogP contribution in [0.1, 0.15) is 12.5 Å². The van der Waals surface area contributed by atoms with Crippen molar-refractivity contribution in [2.24, 2.45) is 0 Å². The number of nitrogens with two attached hydrogens (primary N) is 2. The van der Waals surface area contributed by atoms with Crippen LogP contribution in [0.5, 0.6) is 0 Å². The Morgan fingerprint density at radius 3 is 2.39 bits per heavy atom. The first-order valence-corrected chi connectivity index (χ1v) is 16.0. The Morgan fingerprint density at radius 2 is 1.67 bits per heavy atom. The number of aromatic amines is 1. The van der Waals surface area contributed by atoms with Crippen LogP contribution >= 0.6 is 15.9 Å². The van der Waals surface area contributed by atoms with Gasteiger partial charge in [-0.1, -0.05) is 0 Å². The zero-order chi connectivity index (χ0) is 32.9. The van der Waals surface area contributed by atoms with Gasteiger partial charge >= 0.3 is 15.9 Å². The molecular weight excluding hydrogens is 668 g/mol. The van der Waals surface area contributed by atoms with Gasteiger partial charge in [-0.05, 0) is 4.57 Å². The number of imidazole rings is 2. The van der Waals surface area contributed by atoms with E-state index in [2.05, 4.69) is 29.9 Å². The molecule has 2 saturated heterocycles. The van der Waals surface area contributed by atoms with Crippen LogP contribution in [-0.2, 0) is 32.4 Å². The highest BCUT2D eigenvalue weighted by Gasteiger charge is 2.52. The standard InChI is InChI=1S/C21H24F2N10O11P2/c22-9-7(1-34)42-20(33-5-29-12-17(33)30-21(25)31-18(12)35)14(9)44-46(38,39)41-2-8-10(23)13(40-6-45(36)37)19(43-8)32-4-28-11-15(24)26-3-27-16(11)32/h3-5,7-10,13-14,19-20,34H,1-2,6H2,(H6-,24,25,26,27,30,31,35,36,37,38,39)/p+1/t7-,8-,9?,10?,13?,14?,19-,20-/m1/s1. The van der Waals surface area contributed by atoms with Crippen LogP contribution in [0.2, 0.25) is 0 Å². The lowest BCUT2D eigenvalue weighted by Crippen LogP contribution is -2.33. The largest absolute Gasteiger partial charge is 0.534 e. The SMILES string of the molecule is Nc1nc2c(ncn2[C@@H]2O[C@H](CO)C(F)C2OP(=O)(O)OC[C@H]2O[C@@H](n3cnc4c(N)ncnc43)C(OC[P+](=O)O)C2F)c(=O)[nH]1. The van der Waals surface area contributed by atoms with Crippen LogP contribution < -0.4 is 17.0 Å². The number of hydrogen-bond donors (Lipinski definition) is 6. The van der Waals surface area contributed by atoms with Crippen molar-refractivity contribution >= 4 is 49.9 Å². The number of hydrogen-bond acceptors (Lipinski definition) is 16. The van der Waals surface area contributed by atoms with Crippen molar-refractivity contribution in [2.75, 3.05) is 31.0 Å². The summed E-state index contributed by atoms with van der Waals surface area (Å²) < 4.78 is 84.2. The number of halogens is 2. The zero-order valence-corrected chi connectivity index (χ0v) is 24.8. The summed E-state index contributed by atoms with van der Waals surface area (Å²) in [6.07, 6.45) is -11.4. The van der Waals surface area contributed by atoms with Crippen LogP contribution in [0.15, 0.2) is 23.8 Å². The molecule has 4 aromatic heterocycles. The van der Waals surface area contributed by atoms with E-state index in [4.69, 9.17) is 34.7 Å². The lowest BCUT2D eigenvalue weighted by molar-refractivity contribution is -0.0662. The van der Waals surface area contributed by atoms with Gasteiger partial charge in [-0.3, -0.25) is 28.0 Å². The highest BCUT2D eigenvalue weighted by atomic mass is 31.2. The lowest BCUT2D eigenvalue weighted by atomic mass is 10.1. The molecule has 10 atom stereocenters. The second-order valence-corrected chi connectivity index (χ2v) is 12.4. The van der Waals surface area contributed by atoms with Crippen molar-refractivity contribution in [2.45, 2.75) is 49.2 Å². The molecule has 0 radical (unpaired) electrons. The molecule has 248 valence electrons. The molecule has 8 N–H and O–H groups in total. The number of phosphoric acid groups is 1. The topological polar surface area (TPSA) is 300 Å². The summed E-state index contributed by atoms with van der Waals surface area (Å²) in [4.78, 5) is 54.0. The number of fused-ring (bicyclic) bond motifs is 2. The molecule has 2 aliphatic heterocycles. The minimum Gasteiger partial charge on any atom is -0.394 e. The first-order chi connectivity index (χ1) is 21.9. The van der Waals surface area contributed by atoms with Crippen LogP contribution in [-0.4, -0.2) is 110 Å². The summed E-state index contributed by atoms with van der Waals surface area (Å²) in [5, 5.41) is 9.61. The number of H-pyrrole nitrogens is 1. The summed E-state index contributed by atoms with van der Waals surface area (Å²) in [5.74, 6) is -0.309. The predicted octanol–water partition coefficient (Wildman–Crippen LogP) is -0.833. The monoisotopic (exact) mass is 693 g/mol. The second-order valence-electron chi connectivity index (χ2n) is 10.0.